The Kier molecular flexibility index (Phi) is 3.82. The molecule has 1 aromatic rings. The zero-order valence-corrected chi connectivity index (χ0v) is 9.40. The van der Waals surface area contributed by atoms with Gasteiger partial charge in [0.05, 0.1) is 6.42 Å². The minimum Gasteiger partial charge on any atom is -0.481 e. The average molecular weight is 211 g/mol. The number of aromatic nitrogens is 3. The molecule has 15 heavy (non-hydrogen) atoms. The molecule has 0 saturated carbocycles. The third-order valence-electron chi connectivity index (χ3n) is 2.05. The van der Waals surface area contributed by atoms with E-state index in [1.54, 1.807) is 11.7 Å². The quantitative estimate of drug-likeness (QED) is 0.789. The van der Waals surface area contributed by atoms with E-state index in [9.17, 15) is 4.79 Å². The predicted molar refractivity (Wildman–Crippen MR) is 55.5 cm³/mol. The topological polar surface area (TPSA) is 68.0 Å². The highest BCUT2D eigenvalue weighted by Gasteiger charge is 2.09. The molecular weight excluding hydrogens is 194 g/mol. The molecular formula is C10H17N3O2. The van der Waals surface area contributed by atoms with Gasteiger partial charge in [-0.05, 0) is 5.92 Å². The summed E-state index contributed by atoms with van der Waals surface area (Å²) in [7, 11) is 1.80. The zero-order valence-electron chi connectivity index (χ0n) is 9.40. The molecule has 0 unspecified atom stereocenters. The molecule has 0 bridgehead atoms. The summed E-state index contributed by atoms with van der Waals surface area (Å²) >= 11 is 0. The van der Waals surface area contributed by atoms with E-state index in [2.05, 4.69) is 23.9 Å². The van der Waals surface area contributed by atoms with Crippen LogP contribution in [0.5, 0.6) is 0 Å². The summed E-state index contributed by atoms with van der Waals surface area (Å²) in [5.41, 5.74) is 0. The van der Waals surface area contributed by atoms with Gasteiger partial charge in [-0.25, -0.2) is 4.98 Å². The molecule has 0 aliphatic rings. The van der Waals surface area contributed by atoms with E-state index in [-0.39, 0.29) is 6.42 Å². The van der Waals surface area contributed by atoms with Gasteiger partial charge in [0, 0.05) is 19.9 Å². The first kappa shape index (κ1) is 11.7. The number of hydrogen-bond donors (Lipinski definition) is 1. The van der Waals surface area contributed by atoms with Crippen LogP contribution in [0.2, 0.25) is 0 Å². The Hall–Kier alpha value is -1.39. The number of aliphatic carboxylic acids is 1. The lowest BCUT2D eigenvalue weighted by Gasteiger charge is -1.96. The van der Waals surface area contributed by atoms with Gasteiger partial charge >= 0.3 is 5.97 Å². The zero-order chi connectivity index (χ0) is 11.4. The van der Waals surface area contributed by atoms with E-state index in [0.717, 1.165) is 18.1 Å². The standard InChI is InChI=1S/C10H17N3O2/c1-7(2)6-8-11-9(13(3)12-8)4-5-10(14)15/h7H,4-6H2,1-3H3,(H,14,15). The molecule has 0 spiro atoms. The second-order valence-electron chi connectivity index (χ2n) is 4.06. The second-order valence-corrected chi connectivity index (χ2v) is 4.06. The van der Waals surface area contributed by atoms with Crippen LogP contribution in [-0.2, 0) is 24.7 Å². The van der Waals surface area contributed by atoms with Crippen LogP contribution in [0.15, 0.2) is 0 Å². The average Bonchev–Trinajstić information content (AvgIpc) is 2.41. The molecule has 0 radical (unpaired) electrons. The Labute approximate surface area is 89.1 Å². The Balaban J connectivity index is 2.64. The van der Waals surface area contributed by atoms with E-state index in [4.69, 9.17) is 5.11 Å². The lowest BCUT2D eigenvalue weighted by atomic mass is 10.1. The third-order valence-corrected chi connectivity index (χ3v) is 2.05. The summed E-state index contributed by atoms with van der Waals surface area (Å²) < 4.78 is 1.67. The Bertz CT molecular complexity index is 344. The van der Waals surface area contributed by atoms with Gasteiger partial charge in [0.15, 0.2) is 5.82 Å². The third kappa shape index (κ3) is 3.69. The summed E-state index contributed by atoms with van der Waals surface area (Å²) in [6, 6.07) is 0. The van der Waals surface area contributed by atoms with Gasteiger partial charge in [-0.3, -0.25) is 9.48 Å². The van der Waals surface area contributed by atoms with Crippen molar-refractivity contribution < 1.29 is 9.90 Å². The van der Waals surface area contributed by atoms with Crippen LogP contribution < -0.4 is 0 Å². The monoisotopic (exact) mass is 211 g/mol. The molecule has 0 amide bonds. The van der Waals surface area contributed by atoms with Crippen molar-refractivity contribution in [2.24, 2.45) is 13.0 Å². The van der Waals surface area contributed by atoms with Crippen molar-refractivity contribution in [2.45, 2.75) is 33.1 Å². The van der Waals surface area contributed by atoms with Gasteiger partial charge in [0.25, 0.3) is 0 Å². The fraction of sp³-hybridized carbons (Fsp3) is 0.700. The Morgan fingerprint density at radius 2 is 2.20 bits per heavy atom. The van der Waals surface area contributed by atoms with Crippen molar-refractivity contribution in [3.63, 3.8) is 0 Å². The second kappa shape index (κ2) is 4.91. The lowest BCUT2D eigenvalue weighted by molar-refractivity contribution is -0.137. The number of nitrogens with zero attached hydrogens (tertiary/aromatic N) is 3. The number of aryl methyl sites for hydroxylation is 2. The van der Waals surface area contributed by atoms with Crippen LogP contribution in [0, 0.1) is 5.92 Å². The number of carboxylic acid groups (broad SMARTS) is 1. The van der Waals surface area contributed by atoms with Gasteiger partial charge in [-0.1, -0.05) is 13.8 Å². The van der Waals surface area contributed by atoms with Crippen LogP contribution in [0.4, 0.5) is 0 Å². The van der Waals surface area contributed by atoms with Crippen LogP contribution in [0.3, 0.4) is 0 Å². The van der Waals surface area contributed by atoms with Crippen molar-refractivity contribution in [1.82, 2.24) is 14.8 Å². The molecule has 1 N–H and O–H groups in total. The molecule has 0 atom stereocenters. The van der Waals surface area contributed by atoms with Gasteiger partial charge in [0.1, 0.15) is 5.82 Å². The lowest BCUT2D eigenvalue weighted by Crippen LogP contribution is -2.03. The van der Waals surface area contributed by atoms with Gasteiger partial charge < -0.3 is 5.11 Å². The van der Waals surface area contributed by atoms with Gasteiger partial charge in [-0.15, -0.1) is 0 Å². The fourth-order valence-electron chi connectivity index (χ4n) is 1.36. The first-order valence-electron chi connectivity index (χ1n) is 5.09. The van der Waals surface area contributed by atoms with Crippen LogP contribution in [0.25, 0.3) is 0 Å². The molecule has 0 saturated heterocycles. The Morgan fingerprint density at radius 3 is 2.73 bits per heavy atom. The number of rotatable bonds is 5. The maximum atomic E-state index is 10.4. The highest BCUT2D eigenvalue weighted by atomic mass is 16.4. The van der Waals surface area contributed by atoms with Crippen molar-refractivity contribution in [2.75, 3.05) is 0 Å². The fourth-order valence-corrected chi connectivity index (χ4v) is 1.36. The van der Waals surface area contributed by atoms with Crippen LogP contribution in [0.1, 0.15) is 31.9 Å². The molecule has 5 nitrogen and oxygen atoms in total. The molecule has 84 valence electrons. The first-order valence-corrected chi connectivity index (χ1v) is 5.09. The van der Waals surface area contributed by atoms with Crippen molar-refractivity contribution in [1.29, 1.82) is 0 Å². The predicted octanol–water partition coefficient (Wildman–Crippen LogP) is 1.03. The minimum absolute atomic E-state index is 0.105. The molecule has 5 heteroatoms. The van der Waals surface area contributed by atoms with E-state index in [1.165, 1.54) is 0 Å². The maximum Gasteiger partial charge on any atom is 0.303 e. The number of carboxylic acids is 1. The summed E-state index contributed by atoms with van der Waals surface area (Å²) in [4.78, 5) is 14.7. The highest BCUT2D eigenvalue weighted by molar-refractivity contribution is 5.66. The van der Waals surface area contributed by atoms with Crippen molar-refractivity contribution in [3.05, 3.63) is 11.6 Å². The van der Waals surface area contributed by atoms with Crippen LogP contribution in [-0.4, -0.2) is 25.8 Å². The number of carbonyl (C=O) groups is 1. The van der Waals surface area contributed by atoms with Crippen molar-refractivity contribution in [3.8, 4) is 0 Å². The first-order chi connectivity index (χ1) is 6.99. The Morgan fingerprint density at radius 1 is 1.53 bits per heavy atom. The van der Waals surface area contributed by atoms with Gasteiger partial charge in [0.2, 0.25) is 0 Å². The van der Waals surface area contributed by atoms with E-state index in [1.807, 2.05) is 0 Å². The van der Waals surface area contributed by atoms with E-state index >= 15 is 0 Å². The van der Waals surface area contributed by atoms with E-state index in [0.29, 0.717) is 12.3 Å². The number of hydrogen-bond acceptors (Lipinski definition) is 3. The summed E-state index contributed by atoms with van der Waals surface area (Å²) in [5, 5.41) is 12.8. The molecule has 0 aromatic carbocycles. The van der Waals surface area contributed by atoms with Crippen molar-refractivity contribution >= 4 is 5.97 Å². The molecule has 1 rings (SSSR count). The molecule has 0 aliphatic heterocycles. The molecule has 1 heterocycles. The summed E-state index contributed by atoms with van der Waals surface area (Å²) in [5.74, 6) is 1.25. The molecule has 1 aromatic heterocycles. The molecule has 0 aliphatic carbocycles. The smallest absolute Gasteiger partial charge is 0.303 e. The molecule has 0 fully saturated rings. The normalized spacial score (nSPS) is 10.9. The summed E-state index contributed by atoms with van der Waals surface area (Å²) in [6.45, 7) is 4.21. The minimum atomic E-state index is -0.802. The summed E-state index contributed by atoms with van der Waals surface area (Å²) in [6.07, 6.45) is 1.38. The van der Waals surface area contributed by atoms with E-state index < -0.39 is 5.97 Å². The van der Waals surface area contributed by atoms with Crippen LogP contribution >= 0.6 is 0 Å². The maximum absolute atomic E-state index is 10.4. The van der Waals surface area contributed by atoms with Gasteiger partial charge in [-0.2, -0.15) is 5.10 Å². The largest absolute Gasteiger partial charge is 0.481 e. The highest BCUT2D eigenvalue weighted by Crippen LogP contribution is 2.05. The SMILES string of the molecule is CC(C)Cc1nc(CCC(=O)O)n(C)n1.